The number of ether oxygens (including phenoxy) is 2. The lowest BCUT2D eigenvalue weighted by Crippen LogP contribution is -2.57. The third-order valence-electron chi connectivity index (χ3n) is 14.1. The van der Waals surface area contributed by atoms with E-state index < -0.39 is 58.7 Å². The molecule has 2 aliphatic heterocycles. The first kappa shape index (κ1) is 50.1. The Morgan fingerprint density at radius 2 is 1.55 bits per heavy atom. The van der Waals surface area contributed by atoms with Gasteiger partial charge in [0.1, 0.15) is 36.5 Å². The maximum atomic E-state index is 18.0. The van der Waals surface area contributed by atoms with Crippen LogP contribution in [0, 0.1) is 33.9 Å². The molecule has 1 N–H and O–H groups in total. The number of carbonyl (C=O) groups is 2. The summed E-state index contributed by atoms with van der Waals surface area (Å²) in [6.07, 6.45) is 2.59. The van der Waals surface area contributed by atoms with Crippen LogP contribution in [-0.4, -0.2) is 96.3 Å². The monoisotopic (exact) mass is 961 g/mol. The number of amides is 1. The Bertz CT molecular complexity index is 2760. The summed E-state index contributed by atoms with van der Waals surface area (Å²) < 4.78 is 84.1. The lowest BCUT2D eigenvalue weighted by atomic mass is 9.84. The second kappa shape index (κ2) is 18.0. The van der Waals surface area contributed by atoms with Crippen LogP contribution in [0.5, 0.6) is 6.01 Å². The summed E-state index contributed by atoms with van der Waals surface area (Å²) >= 11 is 0. The number of pyridine rings is 1. The second-order valence-corrected chi connectivity index (χ2v) is 28.4. The highest BCUT2D eigenvalue weighted by atomic mass is 32.3. The molecule has 1 amide bonds. The van der Waals surface area contributed by atoms with E-state index in [1.54, 1.807) is 43.9 Å². The molecule has 7 rings (SSSR count). The topological polar surface area (TPSA) is 161 Å². The molecule has 0 spiro atoms. The highest BCUT2D eigenvalue weighted by molar-refractivity contribution is 7.80. The summed E-state index contributed by atoms with van der Waals surface area (Å²) in [4.78, 5) is 45.4. The van der Waals surface area contributed by atoms with E-state index in [1.165, 1.54) is 19.2 Å². The number of hydrogen-bond donors (Lipinski definition) is 1. The van der Waals surface area contributed by atoms with E-state index in [0.717, 1.165) is 0 Å². The number of hydrogen-bond acceptors (Lipinski definition) is 11. The molecule has 3 aliphatic rings. The van der Waals surface area contributed by atoms with Crippen molar-refractivity contribution in [2.45, 2.75) is 156 Å². The first-order chi connectivity index (χ1) is 31.1. The van der Waals surface area contributed by atoms with Crippen molar-refractivity contribution in [2.75, 3.05) is 24.6 Å². The molecule has 0 radical (unpaired) electrons. The fourth-order valence-electron chi connectivity index (χ4n) is 10.4. The van der Waals surface area contributed by atoms with E-state index in [2.05, 4.69) is 58.0 Å². The minimum atomic E-state index is -4.76. The number of rotatable bonds is 12. The molecule has 3 fully saturated rings. The quantitative estimate of drug-likeness (QED) is 0.0620. The molecule has 17 heteroatoms. The number of Topliss-reactive ketones (excluding diaryl/α,β-unsaturated/α-hetero) is 1. The minimum Gasteiger partial charge on any atom is -0.463 e. The molecule has 13 nitrogen and oxygen atoms in total. The zero-order chi connectivity index (χ0) is 49.3. The van der Waals surface area contributed by atoms with Gasteiger partial charge in [0.25, 0.3) is 0 Å². The standard InChI is InChI=1S/C50H65F2N5O8SSi/c1-28(2)67(29(3)4,30(5)6)21-18-36-39(51)17-14-32-22-33(44(58)48(8,9)10)23-37(40(32)36)42-41(52)43-38(24-53-42)45(55-46(54-43)63-27-50(19-20-50)31(7)65-66(60,61)62)56-25-34-15-16-35(26-56)57(34)47(59)64-49(11,12)13/h14,17,22-24,28-31,34-35H,15-16,19-20,25-27H2,1-13H3,(H,60,61,62). The molecular formula is C50H65F2N5O8SSi. The van der Waals surface area contributed by atoms with Gasteiger partial charge in [-0.1, -0.05) is 74.3 Å². The Morgan fingerprint density at radius 3 is 2.09 bits per heavy atom. The molecule has 2 saturated heterocycles. The molecule has 4 heterocycles. The SMILES string of the molecule is CC(OS(=O)(=O)O)C1(COc2nc(N3CC4CCC(C3)N4C(=O)OC(C)(C)C)c3cnc(-c4cc(C(=O)C(C)(C)C)cc5ccc(F)c(C#C[Si](C(C)C)(C(C)C)C(C)C)c45)c(F)c3n2)CC1. The van der Waals surface area contributed by atoms with Crippen molar-refractivity contribution in [3.8, 4) is 28.7 Å². The maximum absolute atomic E-state index is 18.0. The Labute approximate surface area is 394 Å². The molecule has 2 aromatic heterocycles. The van der Waals surface area contributed by atoms with Crippen molar-refractivity contribution in [1.82, 2.24) is 19.9 Å². The number of aromatic nitrogens is 3. The molecule has 3 atom stereocenters. The van der Waals surface area contributed by atoms with Crippen LogP contribution in [0.4, 0.5) is 19.4 Å². The fraction of sp³-hybridized carbons (Fsp3) is 0.580. The Kier molecular flexibility index (Phi) is 13.4. The molecule has 1 saturated carbocycles. The molecule has 3 unspecified atom stereocenters. The summed E-state index contributed by atoms with van der Waals surface area (Å²) in [5, 5.41) is 1.05. The van der Waals surface area contributed by atoms with Crippen molar-refractivity contribution in [3.05, 3.63) is 53.2 Å². The van der Waals surface area contributed by atoms with Crippen LogP contribution in [0.25, 0.3) is 32.9 Å². The summed E-state index contributed by atoms with van der Waals surface area (Å²) in [7, 11) is -7.16. The number of carbonyl (C=O) groups excluding carboxylic acids is 2. The van der Waals surface area contributed by atoms with E-state index in [4.69, 9.17) is 23.6 Å². The van der Waals surface area contributed by atoms with Crippen LogP contribution in [0.2, 0.25) is 16.6 Å². The van der Waals surface area contributed by atoms with Gasteiger partial charge in [-0.3, -0.25) is 19.2 Å². The van der Waals surface area contributed by atoms with Crippen LogP contribution in [-0.2, 0) is 19.3 Å². The van der Waals surface area contributed by atoms with Gasteiger partial charge in [-0.05, 0) is 93.6 Å². The Balaban J connectivity index is 1.43. The highest BCUT2D eigenvalue weighted by Gasteiger charge is 2.51. The van der Waals surface area contributed by atoms with Gasteiger partial charge in [-0.25, -0.2) is 17.8 Å². The number of halogens is 2. The average Bonchev–Trinajstić information content (AvgIpc) is 3.96. The van der Waals surface area contributed by atoms with Crippen molar-refractivity contribution in [3.63, 3.8) is 0 Å². The van der Waals surface area contributed by atoms with E-state index in [0.29, 0.717) is 60.9 Å². The third-order valence-corrected chi connectivity index (χ3v) is 20.9. The largest absolute Gasteiger partial charge is 0.463 e. The summed E-state index contributed by atoms with van der Waals surface area (Å²) in [5.41, 5.74) is 2.29. The number of benzene rings is 2. The van der Waals surface area contributed by atoms with Gasteiger partial charge in [-0.15, -0.1) is 5.54 Å². The van der Waals surface area contributed by atoms with Crippen LogP contribution in [0.15, 0.2) is 30.5 Å². The van der Waals surface area contributed by atoms with Crippen LogP contribution >= 0.6 is 0 Å². The summed E-state index contributed by atoms with van der Waals surface area (Å²) in [6, 6.07) is 5.50. The van der Waals surface area contributed by atoms with Gasteiger partial charge in [0.2, 0.25) is 0 Å². The van der Waals surface area contributed by atoms with Crippen molar-refractivity contribution >= 4 is 57.8 Å². The van der Waals surface area contributed by atoms with Crippen LogP contribution in [0.3, 0.4) is 0 Å². The van der Waals surface area contributed by atoms with Crippen molar-refractivity contribution < 1.29 is 45.0 Å². The minimum absolute atomic E-state index is 0.0871. The zero-order valence-electron chi connectivity index (χ0n) is 41.0. The Hall–Kier alpha value is -4.76. The normalized spacial score (nSPS) is 19.0. The molecule has 2 aromatic carbocycles. The lowest BCUT2D eigenvalue weighted by Gasteiger charge is -2.42. The van der Waals surface area contributed by atoms with Crippen molar-refractivity contribution in [1.29, 1.82) is 0 Å². The van der Waals surface area contributed by atoms with Crippen LogP contribution in [0.1, 0.15) is 132 Å². The third kappa shape index (κ3) is 9.91. The Morgan fingerprint density at radius 1 is 0.940 bits per heavy atom. The first-order valence-electron chi connectivity index (χ1n) is 23.3. The highest BCUT2D eigenvalue weighted by Crippen LogP contribution is 2.51. The summed E-state index contributed by atoms with van der Waals surface area (Å²) in [5.74, 6) is 1.94. The van der Waals surface area contributed by atoms with E-state index in [1.807, 2.05) is 25.7 Å². The van der Waals surface area contributed by atoms with Crippen molar-refractivity contribution in [2.24, 2.45) is 10.8 Å². The fourth-order valence-corrected chi connectivity index (χ4v) is 16.2. The molecule has 2 bridgehead atoms. The van der Waals surface area contributed by atoms with Gasteiger partial charge < -0.3 is 14.4 Å². The maximum Gasteiger partial charge on any atom is 0.410 e. The molecule has 362 valence electrons. The first-order valence-corrected chi connectivity index (χ1v) is 26.9. The lowest BCUT2D eigenvalue weighted by molar-refractivity contribution is 0.0122. The predicted octanol–water partition coefficient (Wildman–Crippen LogP) is 10.9. The zero-order valence-corrected chi connectivity index (χ0v) is 42.8. The van der Waals surface area contributed by atoms with E-state index >= 15 is 8.78 Å². The van der Waals surface area contributed by atoms with Gasteiger partial charge in [0.15, 0.2) is 11.6 Å². The van der Waals surface area contributed by atoms with Crippen LogP contribution < -0.4 is 9.64 Å². The molecule has 1 aliphatic carbocycles. The average molecular weight is 962 g/mol. The number of piperazine rings is 1. The molecule has 67 heavy (non-hydrogen) atoms. The number of anilines is 1. The smallest absolute Gasteiger partial charge is 0.410 e. The predicted molar refractivity (Wildman–Crippen MR) is 258 cm³/mol. The second-order valence-electron chi connectivity index (χ2n) is 21.8. The van der Waals surface area contributed by atoms with Gasteiger partial charge >= 0.3 is 22.5 Å². The van der Waals surface area contributed by atoms with Gasteiger partial charge in [0, 0.05) is 46.6 Å². The number of fused-ring (bicyclic) bond motifs is 4. The summed E-state index contributed by atoms with van der Waals surface area (Å²) in [6.45, 7) is 26.0. The number of ketones is 1. The molecular weight excluding hydrogens is 897 g/mol. The van der Waals surface area contributed by atoms with Gasteiger partial charge in [-0.2, -0.15) is 18.4 Å². The van der Waals surface area contributed by atoms with E-state index in [9.17, 15) is 22.6 Å². The van der Waals surface area contributed by atoms with Gasteiger partial charge in [0.05, 0.1) is 35.7 Å². The number of nitrogens with zero attached hydrogens (tertiary/aromatic N) is 5. The molecule has 4 aromatic rings. The van der Waals surface area contributed by atoms with E-state index in [-0.39, 0.29) is 74.8 Å².